The Morgan fingerprint density at radius 3 is 2.47 bits per heavy atom. The number of anilines is 1. The van der Waals surface area contributed by atoms with Gasteiger partial charge in [-0.2, -0.15) is 0 Å². The van der Waals surface area contributed by atoms with E-state index in [2.05, 4.69) is 37.7 Å². The van der Waals surface area contributed by atoms with Crippen molar-refractivity contribution in [1.29, 1.82) is 0 Å². The predicted molar refractivity (Wildman–Crippen MR) is 123 cm³/mol. The fraction of sp³-hybridized carbons (Fsp3) is 0.625. The predicted octanol–water partition coefficient (Wildman–Crippen LogP) is 4.95. The number of ether oxygens (including phenoxy) is 1. The van der Waals surface area contributed by atoms with Gasteiger partial charge in [-0.15, -0.1) is 0 Å². The number of aliphatic hydroxyl groups excluding tert-OH is 1. The van der Waals surface area contributed by atoms with Crippen LogP contribution < -0.4 is 9.64 Å². The van der Waals surface area contributed by atoms with E-state index in [0.29, 0.717) is 23.6 Å². The molecular weight excluding hydrogens is 376 g/mol. The van der Waals surface area contributed by atoms with Crippen LogP contribution in [0.2, 0.25) is 0 Å². The molecule has 0 aliphatic carbocycles. The van der Waals surface area contributed by atoms with Gasteiger partial charge in [0.2, 0.25) is 5.88 Å². The first-order valence-electron chi connectivity index (χ1n) is 11.1. The van der Waals surface area contributed by atoms with Gasteiger partial charge in [0.05, 0.1) is 29.8 Å². The minimum atomic E-state index is 0.207. The van der Waals surface area contributed by atoms with E-state index < -0.39 is 0 Å². The fourth-order valence-corrected chi connectivity index (χ4v) is 3.96. The van der Waals surface area contributed by atoms with Crippen molar-refractivity contribution >= 4 is 5.82 Å². The average Bonchev–Trinajstić information content (AvgIpc) is 2.74. The Balaban J connectivity index is 0.00000155. The van der Waals surface area contributed by atoms with Crippen LogP contribution in [0.25, 0.3) is 11.3 Å². The zero-order valence-corrected chi connectivity index (χ0v) is 19.9. The van der Waals surface area contributed by atoms with Gasteiger partial charge in [0.1, 0.15) is 0 Å². The van der Waals surface area contributed by atoms with Gasteiger partial charge in [-0.3, -0.25) is 4.98 Å². The van der Waals surface area contributed by atoms with Crippen LogP contribution in [0.1, 0.15) is 76.4 Å². The third-order valence-electron chi connectivity index (χ3n) is 5.76. The van der Waals surface area contributed by atoms with E-state index in [0.717, 1.165) is 53.5 Å². The van der Waals surface area contributed by atoms with Gasteiger partial charge in [0.25, 0.3) is 0 Å². The molecule has 0 aromatic carbocycles. The molecule has 0 radical (unpaired) electrons. The Morgan fingerprint density at radius 2 is 1.87 bits per heavy atom. The van der Waals surface area contributed by atoms with Gasteiger partial charge in [-0.1, -0.05) is 34.6 Å². The van der Waals surface area contributed by atoms with Crippen LogP contribution in [0, 0.1) is 12.8 Å². The Morgan fingerprint density at radius 1 is 1.17 bits per heavy atom. The van der Waals surface area contributed by atoms with E-state index >= 15 is 0 Å². The number of nitrogens with zero attached hydrogens (tertiary/aromatic N) is 4. The first-order valence-corrected chi connectivity index (χ1v) is 11.1. The maximum Gasteiger partial charge on any atom is 0.222 e. The summed E-state index contributed by atoms with van der Waals surface area (Å²) in [5.41, 5.74) is 4.62. The molecule has 3 heterocycles. The Hall–Kier alpha value is -2.21. The molecule has 0 saturated heterocycles. The fourth-order valence-electron chi connectivity index (χ4n) is 3.96. The van der Waals surface area contributed by atoms with Gasteiger partial charge in [-0.25, -0.2) is 9.97 Å². The Kier molecular flexibility index (Phi) is 8.59. The lowest BCUT2D eigenvalue weighted by Crippen LogP contribution is -2.32. The molecule has 1 aliphatic rings. The van der Waals surface area contributed by atoms with Crippen molar-refractivity contribution in [1.82, 2.24) is 15.0 Å². The summed E-state index contributed by atoms with van der Waals surface area (Å²) in [5, 5.41) is 9.37. The highest BCUT2D eigenvalue weighted by Gasteiger charge is 2.31. The molecule has 30 heavy (non-hydrogen) atoms. The summed E-state index contributed by atoms with van der Waals surface area (Å²) in [6.07, 6.45) is 1.82. The Labute approximate surface area is 181 Å². The summed E-state index contributed by atoms with van der Waals surface area (Å²) in [7, 11) is 3.72. The molecular formula is C24H38N4O2. The second kappa shape index (κ2) is 10.7. The molecule has 6 heteroatoms. The maximum atomic E-state index is 9.37. The summed E-state index contributed by atoms with van der Waals surface area (Å²) in [5.74, 6) is 2.54. The lowest BCUT2D eigenvalue weighted by atomic mass is 9.83. The van der Waals surface area contributed by atoms with Crippen molar-refractivity contribution in [3.63, 3.8) is 0 Å². The van der Waals surface area contributed by atoms with Crippen molar-refractivity contribution < 1.29 is 9.84 Å². The molecule has 166 valence electrons. The smallest absolute Gasteiger partial charge is 0.222 e. The number of fused-ring (bicyclic) bond motifs is 1. The zero-order valence-electron chi connectivity index (χ0n) is 19.9. The van der Waals surface area contributed by atoms with E-state index in [-0.39, 0.29) is 6.61 Å². The summed E-state index contributed by atoms with van der Waals surface area (Å²) >= 11 is 0. The van der Waals surface area contributed by atoms with Gasteiger partial charge in [-0.05, 0) is 43.7 Å². The second-order valence-electron chi connectivity index (χ2n) is 8.12. The van der Waals surface area contributed by atoms with Crippen molar-refractivity contribution in [3.8, 4) is 17.1 Å². The highest BCUT2D eigenvalue weighted by Crippen LogP contribution is 2.40. The number of rotatable bonds is 6. The van der Waals surface area contributed by atoms with E-state index in [1.165, 1.54) is 0 Å². The second-order valence-corrected chi connectivity index (χ2v) is 8.12. The normalized spacial score (nSPS) is 16.6. The van der Waals surface area contributed by atoms with E-state index in [1.807, 2.05) is 32.9 Å². The molecule has 2 aromatic rings. The molecule has 0 bridgehead atoms. The number of hydrogen-bond donors (Lipinski definition) is 1. The van der Waals surface area contributed by atoms with Gasteiger partial charge >= 0.3 is 0 Å². The monoisotopic (exact) mass is 414 g/mol. The molecule has 1 aliphatic heterocycles. The molecule has 3 rings (SSSR count). The van der Waals surface area contributed by atoms with Crippen LogP contribution in [-0.4, -0.2) is 47.4 Å². The topological polar surface area (TPSA) is 71.4 Å². The van der Waals surface area contributed by atoms with Crippen LogP contribution in [-0.2, 0) is 0 Å². The van der Waals surface area contributed by atoms with Crippen molar-refractivity contribution in [3.05, 3.63) is 29.2 Å². The first kappa shape index (κ1) is 24.1. The third-order valence-corrected chi connectivity index (χ3v) is 5.76. The highest BCUT2D eigenvalue weighted by atomic mass is 16.5. The number of aliphatic hydroxyl groups is 1. The molecule has 6 nitrogen and oxygen atoms in total. The summed E-state index contributed by atoms with van der Waals surface area (Å²) in [4.78, 5) is 16.9. The minimum absolute atomic E-state index is 0.207. The quantitative estimate of drug-likeness (QED) is 0.721. The third kappa shape index (κ3) is 4.91. The highest BCUT2D eigenvalue weighted by molar-refractivity contribution is 5.69. The summed E-state index contributed by atoms with van der Waals surface area (Å²) < 4.78 is 5.59. The lowest BCUT2D eigenvalue weighted by molar-refractivity contribution is 0.244. The first-order chi connectivity index (χ1) is 14.4. The summed E-state index contributed by atoms with van der Waals surface area (Å²) in [6.45, 7) is 13.6. The number of aryl methyl sites for hydroxylation is 1. The average molecular weight is 415 g/mol. The van der Waals surface area contributed by atoms with Crippen molar-refractivity contribution in [2.45, 2.75) is 66.2 Å². The molecule has 1 N–H and O–H groups in total. The lowest BCUT2D eigenvalue weighted by Gasteiger charge is -2.34. The standard InChI is InChI=1S/C22H32N4O2.C2H6/c1-13(2)18-8-7-17(22(24-18)28-6)19-15(4)23-20-16(14(3)10-12-27)9-11-26(5)21(20)25-19;1-2/h7-8,13-14,16,27H,9-12H2,1-6H3;1-2H3. The van der Waals surface area contributed by atoms with E-state index in [4.69, 9.17) is 14.7 Å². The van der Waals surface area contributed by atoms with E-state index in [9.17, 15) is 5.11 Å². The number of hydrogen-bond acceptors (Lipinski definition) is 6. The summed E-state index contributed by atoms with van der Waals surface area (Å²) in [6, 6.07) is 4.08. The van der Waals surface area contributed by atoms with Gasteiger partial charge in [0.15, 0.2) is 5.82 Å². The molecule has 0 fully saturated rings. The largest absolute Gasteiger partial charge is 0.480 e. The van der Waals surface area contributed by atoms with Crippen LogP contribution in [0.15, 0.2) is 12.1 Å². The Bertz CT molecular complexity index is 838. The molecule has 0 saturated carbocycles. The minimum Gasteiger partial charge on any atom is -0.480 e. The number of methoxy groups -OCH3 is 1. The molecule has 2 aromatic heterocycles. The number of aromatic nitrogens is 3. The van der Waals surface area contributed by atoms with Crippen LogP contribution in [0.3, 0.4) is 0 Å². The van der Waals surface area contributed by atoms with E-state index in [1.54, 1.807) is 7.11 Å². The maximum absolute atomic E-state index is 9.37. The van der Waals surface area contributed by atoms with Gasteiger partial charge < -0.3 is 14.7 Å². The molecule has 2 unspecified atom stereocenters. The molecule has 2 atom stereocenters. The zero-order chi connectivity index (χ0) is 22.4. The van der Waals surface area contributed by atoms with Gasteiger partial charge in [0, 0.05) is 31.8 Å². The van der Waals surface area contributed by atoms with Crippen LogP contribution in [0.5, 0.6) is 5.88 Å². The molecule has 0 amide bonds. The van der Waals surface area contributed by atoms with Crippen LogP contribution >= 0.6 is 0 Å². The number of pyridine rings is 1. The van der Waals surface area contributed by atoms with Crippen molar-refractivity contribution in [2.24, 2.45) is 5.92 Å². The SMILES string of the molecule is CC.COc1nc(C(C)C)ccc1-c1nc2c(nc1C)C(C(C)CCO)CCN2C. The van der Waals surface area contributed by atoms with Crippen molar-refractivity contribution in [2.75, 3.05) is 32.2 Å². The van der Waals surface area contributed by atoms with Crippen LogP contribution in [0.4, 0.5) is 5.82 Å². The molecule has 0 spiro atoms.